The van der Waals surface area contributed by atoms with Gasteiger partial charge < -0.3 is 21.5 Å². The lowest BCUT2D eigenvalue weighted by atomic mass is 10.2. The Morgan fingerprint density at radius 2 is 2.13 bits per heavy atom. The van der Waals surface area contributed by atoms with E-state index in [1.165, 1.54) is 0 Å². The summed E-state index contributed by atoms with van der Waals surface area (Å²) in [6, 6.07) is 0. The Labute approximate surface area is 90.5 Å². The molecule has 5 nitrogen and oxygen atoms in total. The Balaban J connectivity index is 2.12. The van der Waals surface area contributed by atoms with Crippen LogP contribution in [0.2, 0.25) is 0 Å². The average molecular weight is 215 g/mol. The molecule has 1 fully saturated rings. The second-order valence-corrected chi connectivity index (χ2v) is 3.85. The van der Waals surface area contributed by atoms with Gasteiger partial charge in [0, 0.05) is 13.1 Å². The Kier molecular flexibility index (Phi) is 5.60. The molecule has 1 aliphatic heterocycles. The van der Waals surface area contributed by atoms with Crippen LogP contribution in [-0.4, -0.2) is 37.7 Å². The Bertz CT molecular complexity index is 199. The molecule has 1 rings (SSSR count). The van der Waals surface area contributed by atoms with Gasteiger partial charge in [-0.05, 0) is 32.2 Å². The van der Waals surface area contributed by atoms with E-state index in [1.54, 1.807) is 0 Å². The summed E-state index contributed by atoms with van der Waals surface area (Å²) in [5.74, 6) is -0.0111. The van der Waals surface area contributed by atoms with E-state index in [0.717, 1.165) is 25.7 Å². The van der Waals surface area contributed by atoms with Crippen molar-refractivity contribution >= 4 is 5.91 Å². The minimum atomic E-state index is -0.295. The highest BCUT2D eigenvalue weighted by molar-refractivity contribution is 5.80. The molecule has 0 aromatic carbocycles. The summed E-state index contributed by atoms with van der Waals surface area (Å²) in [5, 5.41) is 2.84. The highest BCUT2D eigenvalue weighted by Crippen LogP contribution is 2.18. The average Bonchev–Trinajstić information content (AvgIpc) is 2.72. The van der Waals surface area contributed by atoms with Crippen molar-refractivity contribution in [1.82, 2.24) is 5.32 Å². The van der Waals surface area contributed by atoms with E-state index < -0.39 is 0 Å². The third-order valence-electron chi connectivity index (χ3n) is 2.59. The molecule has 0 spiro atoms. The largest absolute Gasteiger partial charge is 0.364 e. The van der Waals surface area contributed by atoms with Gasteiger partial charge in [0.1, 0.15) is 6.10 Å². The van der Waals surface area contributed by atoms with Crippen LogP contribution in [0.25, 0.3) is 0 Å². The first-order chi connectivity index (χ1) is 7.27. The predicted molar refractivity (Wildman–Crippen MR) is 58.2 cm³/mol. The van der Waals surface area contributed by atoms with E-state index in [9.17, 15) is 4.79 Å². The lowest BCUT2D eigenvalue weighted by Crippen LogP contribution is -2.36. The first kappa shape index (κ1) is 12.4. The summed E-state index contributed by atoms with van der Waals surface area (Å²) < 4.78 is 5.47. The smallest absolute Gasteiger partial charge is 0.249 e. The number of hydrogen-bond acceptors (Lipinski definition) is 4. The number of rotatable bonds is 6. The van der Waals surface area contributed by atoms with Gasteiger partial charge >= 0.3 is 0 Å². The second kappa shape index (κ2) is 6.76. The van der Waals surface area contributed by atoms with E-state index in [0.29, 0.717) is 19.6 Å². The maximum Gasteiger partial charge on any atom is 0.249 e. The topological polar surface area (TPSA) is 90.4 Å². The Hall–Kier alpha value is -0.650. The van der Waals surface area contributed by atoms with Crippen molar-refractivity contribution in [2.45, 2.75) is 37.9 Å². The molecule has 1 aliphatic rings. The van der Waals surface area contributed by atoms with Crippen molar-refractivity contribution in [2.75, 3.05) is 19.6 Å². The lowest BCUT2D eigenvalue weighted by molar-refractivity contribution is -0.131. The zero-order chi connectivity index (χ0) is 11.1. The number of unbranched alkanes of at least 4 members (excludes halogenated alkanes) is 1. The molecule has 0 aromatic heterocycles. The SMILES string of the molecule is NCCCCNC(=O)C1CCC(CN)O1. The summed E-state index contributed by atoms with van der Waals surface area (Å²) >= 11 is 0. The fraction of sp³-hybridized carbons (Fsp3) is 0.900. The first-order valence-electron chi connectivity index (χ1n) is 5.61. The van der Waals surface area contributed by atoms with Gasteiger partial charge in [-0.1, -0.05) is 0 Å². The summed E-state index contributed by atoms with van der Waals surface area (Å²) in [5.41, 5.74) is 10.8. The molecule has 88 valence electrons. The van der Waals surface area contributed by atoms with Gasteiger partial charge in [-0.2, -0.15) is 0 Å². The molecular formula is C10H21N3O2. The monoisotopic (exact) mass is 215 g/mol. The van der Waals surface area contributed by atoms with E-state index in [2.05, 4.69) is 5.32 Å². The fourth-order valence-corrected chi connectivity index (χ4v) is 1.67. The number of carbonyl (C=O) groups excluding carboxylic acids is 1. The Morgan fingerprint density at radius 1 is 1.33 bits per heavy atom. The van der Waals surface area contributed by atoms with Gasteiger partial charge in [0.15, 0.2) is 0 Å². The molecule has 1 saturated heterocycles. The number of nitrogens with two attached hydrogens (primary N) is 2. The molecule has 2 unspecified atom stereocenters. The summed E-state index contributed by atoms with van der Waals surface area (Å²) in [4.78, 5) is 11.6. The second-order valence-electron chi connectivity index (χ2n) is 3.85. The van der Waals surface area contributed by atoms with Crippen molar-refractivity contribution in [3.05, 3.63) is 0 Å². The highest BCUT2D eigenvalue weighted by atomic mass is 16.5. The fourth-order valence-electron chi connectivity index (χ4n) is 1.67. The van der Waals surface area contributed by atoms with Gasteiger partial charge in [-0.15, -0.1) is 0 Å². The van der Waals surface area contributed by atoms with Crippen LogP contribution in [-0.2, 0) is 9.53 Å². The third kappa shape index (κ3) is 4.15. The molecule has 5 heteroatoms. The normalized spacial score (nSPS) is 25.5. The van der Waals surface area contributed by atoms with E-state index >= 15 is 0 Å². The van der Waals surface area contributed by atoms with Crippen molar-refractivity contribution in [3.8, 4) is 0 Å². The maximum atomic E-state index is 11.6. The molecule has 5 N–H and O–H groups in total. The van der Waals surface area contributed by atoms with Crippen LogP contribution < -0.4 is 16.8 Å². The quantitative estimate of drug-likeness (QED) is 0.513. The van der Waals surface area contributed by atoms with E-state index in [1.807, 2.05) is 0 Å². The van der Waals surface area contributed by atoms with Gasteiger partial charge in [0.05, 0.1) is 6.10 Å². The minimum Gasteiger partial charge on any atom is -0.364 e. The summed E-state index contributed by atoms with van der Waals surface area (Å²) in [6.07, 6.45) is 3.30. The number of hydrogen-bond donors (Lipinski definition) is 3. The van der Waals surface area contributed by atoms with Crippen LogP contribution in [0.3, 0.4) is 0 Å². The molecule has 0 radical (unpaired) electrons. The highest BCUT2D eigenvalue weighted by Gasteiger charge is 2.29. The van der Waals surface area contributed by atoms with Gasteiger partial charge in [0.25, 0.3) is 0 Å². The van der Waals surface area contributed by atoms with Gasteiger partial charge in [0.2, 0.25) is 5.91 Å². The minimum absolute atomic E-state index is 0.0111. The van der Waals surface area contributed by atoms with Crippen LogP contribution in [0.5, 0.6) is 0 Å². The van der Waals surface area contributed by atoms with Crippen molar-refractivity contribution in [1.29, 1.82) is 0 Å². The van der Waals surface area contributed by atoms with E-state index in [4.69, 9.17) is 16.2 Å². The molecule has 1 amide bonds. The standard InChI is InChI=1S/C10H21N3O2/c11-5-1-2-6-13-10(14)9-4-3-8(7-12)15-9/h8-9H,1-7,11-12H2,(H,13,14). The number of carbonyl (C=O) groups is 1. The molecular weight excluding hydrogens is 194 g/mol. The molecule has 0 aromatic rings. The van der Waals surface area contributed by atoms with Gasteiger partial charge in [-0.25, -0.2) is 0 Å². The molecule has 0 aliphatic carbocycles. The van der Waals surface area contributed by atoms with Crippen molar-refractivity contribution < 1.29 is 9.53 Å². The lowest BCUT2D eigenvalue weighted by Gasteiger charge is -2.12. The molecule has 2 atom stereocenters. The van der Waals surface area contributed by atoms with Crippen molar-refractivity contribution in [3.63, 3.8) is 0 Å². The first-order valence-corrected chi connectivity index (χ1v) is 5.61. The zero-order valence-electron chi connectivity index (χ0n) is 9.08. The summed E-state index contributed by atoms with van der Waals surface area (Å²) in [7, 11) is 0. The number of nitrogens with one attached hydrogen (secondary N) is 1. The molecule has 1 heterocycles. The van der Waals surface area contributed by atoms with Crippen LogP contribution in [0.1, 0.15) is 25.7 Å². The van der Waals surface area contributed by atoms with Crippen LogP contribution in [0, 0.1) is 0 Å². The van der Waals surface area contributed by atoms with Crippen molar-refractivity contribution in [2.24, 2.45) is 11.5 Å². The van der Waals surface area contributed by atoms with Crippen LogP contribution in [0.15, 0.2) is 0 Å². The van der Waals surface area contributed by atoms with Crippen LogP contribution in [0.4, 0.5) is 0 Å². The van der Waals surface area contributed by atoms with Crippen LogP contribution >= 0.6 is 0 Å². The maximum absolute atomic E-state index is 11.6. The van der Waals surface area contributed by atoms with Gasteiger partial charge in [-0.3, -0.25) is 4.79 Å². The molecule has 15 heavy (non-hydrogen) atoms. The molecule has 0 saturated carbocycles. The zero-order valence-corrected chi connectivity index (χ0v) is 9.08. The number of amides is 1. The summed E-state index contributed by atoms with van der Waals surface area (Å²) in [6.45, 7) is 1.85. The van der Waals surface area contributed by atoms with E-state index in [-0.39, 0.29) is 18.1 Å². The Morgan fingerprint density at radius 3 is 2.73 bits per heavy atom. The molecule has 0 bridgehead atoms. The third-order valence-corrected chi connectivity index (χ3v) is 2.59. The number of ether oxygens (including phenoxy) is 1. The predicted octanol–water partition coefficient (Wildman–Crippen LogP) is -0.652.